The van der Waals surface area contributed by atoms with E-state index in [-0.39, 0.29) is 6.04 Å². The molecule has 1 rings (SSSR count). The molecule has 0 saturated carbocycles. The van der Waals surface area contributed by atoms with E-state index in [1.807, 2.05) is 0 Å². The topological polar surface area (TPSA) is 38.5 Å². The summed E-state index contributed by atoms with van der Waals surface area (Å²) in [5, 5.41) is 0. The van der Waals surface area contributed by atoms with Crippen molar-refractivity contribution in [1.82, 2.24) is 0 Å². The lowest BCUT2D eigenvalue weighted by Gasteiger charge is -2.23. The Morgan fingerprint density at radius 2 is 2.06 bits per heavy atom. The molecule has 0 radical (unpaired) electrons. The van der Waals surface area contributed by atoms with Gasteiger partial charge in [0.2, 0.25) is 0 Å². The monoisotopic (exact) mass is 250 g/mol. The van der Waals surface area contributed by atoms with Crippen molar-refractivity contribution >= 4 is 5.69 Å². The Hall–Kier alpha value is -1.06. The van der Waals surface area contributed by atoms with E-state index in [0.29, 0.717) is 0 Å². The average Bonchev–Trinajstić information content (AvgIpc) is 2.39. The van der Waals surface area contributed by atoms with Gasteiger partial charge in [0.15, 0.2) is 0 Å². The molecule has 3 heteroatoms. The van der Waals surface area contributed by atoms with E-state index in [1.54, 1.807) is 7.11 Å². The molecule has 1 aromatic rings. The van der Waals surface area contributed by atoms with Crippen LogP contribution in [0.1, 0.15) is 25.3 Å². The highest BCUT2D eigenvalue weighted by Crippen LogP contribution is 2.21. The molecule has 3 nitrogen and oxygen atoms in total. The minimum absolute atomic E-state index is 0.249. The third-order valence-electron chi connectivity index (χ3n) is 3.25. The molecule has 0 amide bonds. The van der Waals surface area contributed by atoms with Crippen molar-refractivity contribution in [2.45, 2.75) is 32.2 Å². The van der Waals surface area contributed by atoms with Gasteiger partial charge in [-0.3, -0.25) is 0 Å². The highest BCUT2D eigenvalue weighted by Gasteiger charge is 2.09. The van der Waals surface area contributed by atoms with Crippen LogP contribution in [-0.2, 0) is 11.2 Å². The second-order valence-electron chi connectivity index (χ2n) is 4.77. The molecule has 1 aromatic carbocycles. The maximum absolute atomic E-state index is 6.06. The minimum Gasteiger partial charge on any atom is -0.385 e. The molecule has 0 bridgehead atoms. The second kappa shape index (κ2) is 8.11. The molecule has 102 valence electrons. The molecule has 0 spiro atoms. The standard InChI is InChI=1S/C15H26N2O/c1-4-14(16)12-13-8-5-6-9-15(13)17(2)10-7-11-18-3/h5-6,8-9,14H,4,7,10-12,16H2,1-3H3. The molecule has 1 unspecified atom stereocenters. The van der Waals surface area contributed by atoms with E-state index >= 15 is 0 Å². The number of anilines is 1. The molecular formula is C15H26N2O. The maximum atomic E-state index is 6.06. The Morgan fingerprint density at radius 1 is 1.33 bits per heavy atom. The minimum atomic E-state index is 0.249. The number of nitrogens with zero attached hydrogens (tertiary/aromatic N) is 1. The fourth-order valence-electron chi connectivity index (χ4n) is 2.05. The van der Waals surface area contributed by atoms with Crippen LogP contribution in [0, 0.1) is 0 Å². The molecule has 0 aromatic heterocycles. The van der Waals surface area contributed by atoms with Crippen LogP contribution in [0.25, 0.3) is 0 Å². The van der Waals surface area contributed by atoms with Gasteiger partial charge in [-0.2, -0.15) is 0 Å². The molecular weight excluding hydrogens is 224 g/mol. The van der Waals surface area contributed by atoms with Gasteiger partial charge in [0.1, 0.15) is 0 Å². The third-order valence-corrected chi connectivity index (χ3v) is 3.25. The van der Waals surface area contributed by atoms with Gasteiger partial charge in [-0.05, 0) is 30.9 Å². The lowest BCUT2D eigenvalue weighted by Crippen LogP contribution is -2.25. The molecule has 0 aliphatic heterocycles. The summed E-state index contributed by atoms with van der Waals surface area (Å²) < 4.78 is 5.09. The van der Waals surface area contributed by atoms with Crippen molar-refractivity contribution < 1.29 is 4.74 Å². The fraction of sp³-hybridized carbons (Fsp3) is 0.600. The van der Waals surface area contributed by atoms with Crippen LogP contribution < -0.4 is 10.6 Å². The lowest BCUT2D eigenvalue weighted by molar-refractivity contribution is 0.196. The lowest BCUT2D eigenvalue weighted by atomic mass is 10.0. The predicted molar refractivity (Wildman–Crippen MR) is 78.2 cm³/mol. The number of nitrogens with two attached hydrogens (primary N) is 1. The summed E-state index contributed by atoms with van der Waals surface area (Å²) in [6, 6.07) is 8.77. The summed E-state index contributed by atoms with van der Waals surface area (Å²) in [6.45, 7) is 3.95. The Bertz CT molecular complexity index is 341. The number of ether oxygens (including phenoxy) is 1. The summed E-state index contributed by atoms with van der Waals surface area (Å²) in [6.07, 6.45) is 3.00. The molecule has 1 atom stereocenters. The van der Waals surface area contributed by atoms with Gasteiger partial charge in [-0.15, -0.1) is 0 Å². The highest BCUT2D eigenvalue weighted by atomic mass is 16.5. The van der Waals surface area contributed by atoms with Crippen molar-refractivity contribution in [2.75, 3.05) is 32.2 Å². The summed E-state index contributed by atoms with van der Waals surface area (Å²) in [7, 11) is 3.88. The quantitative estimate of drug-likeness (QED) is 0.720. The van der Waals surface area contributed by atoms with E-state index in [4.69, 9.17) is 10.5 Å². The molecule has 0 aliphatic carbocycles. The second-order valence-corrected chi connectivity index (χ2v) is 4.77. The molecule has 0 aliphatic rings. The zero-order valence-electron chi connectivity index (χ0n) is 11.9. The Morgan fingerprint density at radius 3 is 2.72 bits per heavy atom. The van der Waals surface area contributed by atoms with E-state index in [0.717, 1.165) is 32.4 Å². The first-order valence-electron chi connectivity index (χ1n) is 6.72. The zero-order chi connectivity index (χ0) is 13.4. The Balaban J connectivity index is 2.68. The van der Waals surface area contributed by atoms with Gasteiger partial charge in [-0.25, -0.2) is 0 Å². The summed E-state index contributed by atoms with van der Waals surface area (Å²) >= 11 is 0. The summed E-state index contributed by atoms with van der Waals surface area (Å²) in [5.41, 5.74) is 8.69. The molecule has 0 fully saturated rings. The van der Waals surface area contributed by atoms with Crippen molar-refractivity contribution in [2.24, 2.45) is 5.73 Å². The fourth-order valence-corrected chi connectivity index (χ4v) is 2.05. The van der Waals surface area contributed by atoms with E-state index in [2.05, 4.69) is 43.1 Å². The predicted octanol–water partition coefficient (Wildman–Crippen LogP) is 2.44. The van der Waals surface area contributed by atoms with Crippen LogP contribution in [0.15, 0.2) is 24.3 Å². The van der Waals surface area contributed by atoms with E-state index in [1.165, 1.54) is 11.3 Å². The van der Waals surface area contributed by atoms with Crippen LogP contribution in [0.3, 0.4) is 0 Å². The first kappa shape index (κ1) is 15.0. The van der Waals surface area contributed by atoms with Gasteiger partial charge in [0.05, 0.1) is 0 Å². The smallest absolute Gasteiger partial charge is 0.0479 e. The van der Waals surface area contributed by atoms with Crippen molar-refractivity contribution in [1.29, 1.82) is 0 Å². The number of rotatable bonds is 8. The normalized spacial score (nSPS) is 12.4. The van der Waals surface area contributed by atoms with Crippen LogP contribution in [0.2, 0.25) is 0 Å². The number of benzene rings is 1. The molecule has 18 heavy (non-hydrogen) atoms. The van der Waals surface area contributed by atoms with Crippen LogP contribution in [0.4, 0.5) is 5.69 Å². The van der Waals surface area contributed by atoms with Gasteiger partial charge < -0.3 is 15.4 Å². The first-order valence-corrected chi connectivity index (χ1v) is 6.72. The van der Waals surface area contributed by atoms with E-state index < -0.39 is 0 Å². The van der Waals surface area contributed by atoms with Crippen LogP contribution in [0.5, 0.6) is 0 Å². The maximum Gasteiger partial charge on any atom is 0.0479 e. The SMILES string of the molecule is CCC(N)Cc1ccccc1N(C)CCCOC. The van der Waals surface area contributed by atoms with Crippen molar-refractivity contribution in [3.8, 4) is 0 Å². The summed E-state index contributed by atoms with van der Waals surface area (Å²) in [4.78, 5) is 2.29. The largest absolute Gasteiger partial charge is 0.385 e. The van der Waals surface area contributed by atoms with Crippen LogP contribution >= 0.6 is 0 Å². The van der Waals surface area contributed by atoms with E-state index in [9.17, 15) is 0 Å². The Kier molecular flexibility index (Phi) is 6.76. The summed E-state index contributed by atoms with van der Waals surface area (Å²) in [5.74, 6) is 0. The first-order chi connectivity index (χ1) is 8.69. The number of para-hydroxylation sites is 1. The molecule has 2 N–H and O–H groups in total. The zero-order valence-corrected chi connectivity index (χ0v) is 11.9. The Labute approximate surface area is 111 Å². The third kappa shape index (κ3) is 4.67. The van der Waals surface area contributed by atoms with Gasteiger partial charge in [0, 0.05) is 39.0 Å². The van der Waals surface area contributed by atoms with Crippen molar-refractivity contribution in [3.05, 3.63) is 29.8 Å². The van der Waals surface area contributed by atoms with Crippen molar-refractivity contribution in [3.63, 3.8) is 0 Å². The number of hydrogen-bond acceptors (Lipinski definition) is 3. The van der Waals surface area contributed by atoms with Gasteiger partial charge >= 0.3 is 0 Å². The van der Waals surface area contributed by atoms with Crippen LogP contribution in [-0.4, -0.2) is 33.4 Å². The number of methoxy groups -OCH3 is 1. The van der Waals surface area contributed by atoms with Gasteiger partial charge in [0.25, 0.3) is 0 Å². The van der Waals surface area contributed by atoms with Gasteiger partial charge in [-0.1, -0.05) is 25.1 Å². The molecule has 0 saturated heterocycles. The highest BCUT2D eigenvalue weighted by molar-refractivity contribution is 5.53. The molecule has 0 heterocycles. The number of hydrogen-bond donors (Lipinski definition) is 1. The average molecular weight is 250 g/mol.